The number of anilines is 1. The molecule has 0 bridgehead atoms. The number of fused-ring (bicyclic) bond motifs is 1. The highest BCUT2D eigenvalue weighted by atomic mass is 16.2. The molecule has 0 spiro atoms. The second-order valence-corrected chi connectivity index (χ2v) is 9.38. The van der Waals surface area contributed by atoms with Crippen LogP contribution < -0.4 is 21.9 Å². The summed E-state index contributed by atoms with van der Waals surface area (Å²) in [6.07, 6.45) is 6.53. The third-order valence-corrected chi connectivity index (χ3v) is 7.19. The zero-order valence-electron chi connectivity index (χ0n) is 19.1. The Kier molecular flexibility index (Phi) is 6.34. The molecule has 0 aliphatic heterocycles. The molecule has 1 aromatic heterocycles. The molecule has 1 fully saturated rings. The van der Waals surface area contributed by atoms with Crippen molar-refractivity contribution >= 4 is 11.6 Å². The molecule has 3 aromatic rings. The molecule has 5 rings (SSSR count). The highest BCUT2D eigenvalue weighted by Gasteiger charge is 2.27. The van der Waals surface area contributed by atoms with Gasteiger partial charge in [0, 0.05) is 6.04 Å². The lowest BCUT2D eigenvalue weighted by molar-refractivity contribution is 0.0921. The molecule has 7 heteroatoms. The summed E-state index contributed by atoms with van der Waals surface area (Å²) >= 11 is 0. The molecular formula is C27H30N4O3. The van der Waals surface area contributed by atoms with Crippen molar-refractivity contribution in [1.29, 1.82) is 0 Å². The molecule has 1 atom stereocenters. The first kappa shape index (κ1) is 22.2. The van der Waals surface area contributed by atoms with Crippen LogP contribution in [0.15, 0.2) is 64.2 Å². The van der Waals surface area contributed by atoms with Gasteiger partial charge in [-0.25, -0.2) is 4.79 Å². The number of amides is 1. The van der Waals surface area contributed by atoms with Gasteiger partial charge >= 0.3 is 5.69 Å². The van der Waals surface area contributed by atoms with Gasteiger partial charge in [0.15, 0.2) is 0 Å². The van der Waals surface area contributed by atoms with Gasteiger partial charge in [-0.2, -0.15) is 0 Å². The van der Waals surface area contributed by atoms with Crippen LogP contribution >= 0.6 is 0 Å². The van der Waals surface area contributed by atoms with E-state index in [0.29, 0.717) is 5.92 Å². The van der Waals surface area contributed by atoms with Crippen molar-refractivity contribution in [2.75, 3.05) is 5.32 Å². The van der Waals surface area contributed by atoms with Gasteiger partial charge in [0.2, 0.25) is 0 Å². The van der Waals surface area contributed by atoms with Gasteiger partial charge in [-0.15, -0.1) is 0 Å². The number of H-pyrrole nitrogens is 2. The summed E-state index contributed by atoms with van der Waals surface area (Å²) in [5, 5.41) is 6.33. The van der Waals surface area contributed by atoms with E-state index >= 15 is 0 Å². The normalized spacial score (nSPS) is 21.9. The largest absolute Gasteiger partial charge is 0.372 e. The predicted molar refractivity (Wildman–Crippen MR) is 132 cm³/mol. The molecule has 1 heterocycles. The quantitative estimate of drug-likeness (QED) is 0.463. The molecule has 0 radical (unpaired) electrons. The van der Waals surface area contributed by atoms with Gasteiger partial charge in [0.1, 0.15) is 11.4 Å². The van der Waals surface area contributed by atoms with E-state index < -0.39 is 17.2 Å². The molecule has 1 amide bonds. The second kappa shape index (κ2) is 9.71. The maximum Gasteiger partial charge on any atom is 0.326 e. The van der Waals surface area contributed by atoms with Crippen molar-refractivity contribution in [1.82, 2.24) is 15.3 Å². The summed E-state index contributed by atoms with van der Waals surface area (Å²) in [7, 11) is 0. The zero-order valence-corrected chi connectivity index (χ0v) is 19.1. The van der Waals surface area contributed by atoms with Crippen LogP contribution in [-0.2, 0) is 6.42 Å². The van der Waals surface area contributed by atoms with Gasteiger partial charge in [-0.3, -0.25) is 14.6 Å². The lowest BCUT2D eigenvalue weighted by Gasteiger charge is -2.30. The van der Waals surface area contributed by atoms with Crippen molar-refractivity contribution in [3.63, 3.8) is 0 Å². The number of hydrogen-bond donors (Lipinski definition) is 4. The van der Waals surface area contributed by atoms with E-state index in [1.165, 1.54) is 11.1 Å². The van der Waals surface area contributed by atoms with E-state index in [1.807, 2.05) is 18.2 Å². The Labute approximate surface area is 198 Å². The van der Waals surface area contributed by atoms with Gasteiger partial charge in [-0.05, 0) is 67.6 Å². The Morgan fingerprint density at radius 3 is 2.38 bits per heavy atom. The van der Waals surface area contributed by atoms with Crippen LogP contribution in [0.5, 0.6) is 0 Å². The zero-order chi connectivity index (χ0) is 23.5. The van der Waals surface area contributed by atoms with Crippen molar-refractivity contribution < 1.29 is 4.79 Å². The Morgan fingerprint density at radius 1 is 0.853 bits per heavy atom. The molecule has 176 valence electrons. The maximum atomic E-state index is 13.2. The number of aryl methyl sites for hydroxylation is 1. The third kappa shape index (κ3) is 4.69. The van der Waals surface area contributed by atoms with E-state index in [-0.39, 0.29) is 23.5 Å². The number of aromatic amines is 2. The molecule has 7 nitrogen and oxygen atoms in total. The molecule has 34 heavy (non-hydrogen) atoms. The van der Waals surface area contributed by atoms with Crippen molar-refractivity contribution in [2.24, 2.45) is 0 Å². The lowest BCUT2D eigenvalue weighted by atomic mass is 9.82. The highest BCUT2D eigenvalue weighted by Crippen LogP contribution is 2.34. The third-order valence-electron chi connectivity index (χ3n) is 7.19. The topological polar surface area (TPSA) is 107 Å². The molecular weight excluding hydrogens is 428 g/mol. The van der Waals surface area contributed by atoms with Gasteiger partial charge in [0.05, 0.1) is 6.04 Å². The highest BCUT2D eigenvalue weighted by molar-refractivity contribution is 5.97. The molecule has 2 aliphatic rings. The first-order valence-corrected chi connectivity index (χ1v) is 12.1. The van der Waals surface area contributed by atoms with Crippen molar-refractivity contribution in [2.45, 2.75) is 62.9 Å². The minimum atomic E-state index is -0.683. The number of carbonyl (C=O) groups excluding carboxylic acids is 1. The molecule has 1 unspecified atom stereocenters. The molecule has 0 saturated heterocycles. The van der Waals surface area contributed by atoms with Crippen molar-refractivity contribution in [3.8, 4) is 0 Å². The Balaban J connectivity index is 1.32. The summed E-state index contributed by atoms with van der Waals surface area (Å²) in [6.45, 7) is 0. The van der Waals surface area contributed by atoms with E-state index in [4.69, 9.17) is 0 Å². The van der Waals surface area contributed by atoms with E-state index in [9.17, 15) is 14.4 Å². The Hall–Kier alpha value is -3.61. The van der Waals surface area contributed by atoms with Crippen LogP contribution in [0.2, 0.25) is 0 Å². The first-order chi connectivity index (χ1) is 16.6. The smallest absolute Gasteiger partial charge is 0.326 e. The summed E-state index contributed by atoms with van der Waals surface area (Å²) < 4.78 is 0. The predicted octanol–water partition coefficient (Wildman–Crippen LogP) is 4.01. The number of benzene rings is 2. The van der Waals surface area contributed by atoms with E-state index in [2.05, 4.69) is 57.0 Å². The summed E-state index contributed by atoms with van der Waals surface area (Å²) in [5.74, 6) is 0.0790. The lowest BCUT2D eigenvalue weighted by Crippen LogP contribution is -2.40. The number of rotatable bonds is 5. The minimum Gasteiger partial charge on any atom is -0.372 e. The van der Waals surface area contributed by atoms with Crippen LogP contribution in [0, 0.1) is 0 Å². The van der Waals surface area contributed by atoms with Gasteiger partial charge in [-0.1, -0.05) is 54.6 Å². The number of nitrogens with one attached hydrogen (secondary N) is 4. The summed E-state index contributed by atoms with van der Waals surface area (Å²) in [6, 6.07) is 18.5. The van der Waals surface area contributed by atoms with Crippen LogP contribution in [0.4, 0.5) is 5.69 Å². The summed E-state index contributed by atoms with van der Waals surface area (Å²) in [4.78, 5) is 42.8. The number of hydrogen-bond acceptors (Lipinski definition) is 4. The number of carbonyl (C=O) groups is 1. The average molecular weight is 459 g/mol. The average Bonchev–Trinajstić information content (AvgIpc) is 2.86. The Bertz CT molecular complexity index is 1270. The standard InChI is InChI=1S/C27H30N4O3/c32-25(28-20-15-13-18(14-16-20)17-7-2-1-3-8-17)24-23(26(33)31-27(34)30-24)29-22-12-6-10-19-9-4-5-11-21(19)22/h1-5,7-9,11,18,20,22,29H,6,10,12-16H2,(H,28,32)(H2,30,31,33,34). The molecule has 2 aromatic carbocycles. The van der Waals surface area contributed by atoms with Crippen LogP contribution in [0.3, 0.4) is 0 Å². The van der Waals surface area contributed by atoms with Crippen molar-refractivity contribution in [3.05, 3.63) is 97.8 Å². The van der Waals surface area contributed by atoms with Crippen LogP contribution in [-0.4, -0.2) is 21.9 Å². The SMILES string of the molecule is O=C(NC1CCC(c2ccccc2)CC1)c1[nH]c(=O)[nH]c(=O)c1NC1CCCc2ccccc21. The van der Waals surface area contributed by atoms with Crippen LogP contribution in [0.25, 0.3) is 0 Å². The van der Waals surface area contributed by atoms with E-state index in [0.717, 1.165) is 50.5 Å². The van der Waals surface area contributed by atoms with Crippen LogP contribution in [0.1, 0.15) is 77.7 Å². The summed E-state index contributed by atoms with van der Waals surface area (Å²) in [5.41, 5.74) is 2.57. The fourth-order valence-electron chi connectivity index (χ4n) is 5.43. The minimum absolute atomic E-state index is 0.00184. The van der Waals surface area contributed by atoms with Gasteiger partial charge in [0.25, 0.3) is 11.5 Å². The second-order valence-electron chi connectivity index (χ2n) is 9.38. The molecule has 2 aliphatic carbocycles. The maximum absolute atomic E-state index is 13.2. The monoisotopic (exact) mass is 458 g/mol. The van der Waals surface area contributed by atoms with Gasteiger partial charge < -0.3 is 15.6 Å². The van der Waals surface area contributed by atoms with E-state index in [1.54, 1.807) is 0 Å². The number of aromatic nitrogens is 2. The fourth-order valence-corrected chi connectivity index (χ4v) is 5.43. The Morgan fingerprint density at radius 2 is 1.59 bits per heavy atom. The fraction of sp³-hybridized carbons (Fsp3) is 0.370. The molecule has 4 N–H and O–H groups in total. The first-order valence-electron chi connectivity index (χ1n) is 12.1. The molecule has 1 saturated carbocycles.